The molecule has 4 nitrogen and oxygen atoms in total. The molecule has 0 spiro atoms. The van der Waals surface area contributed by atoms with Gasteiger partial charge in [-0.3, -0.25) is 0 Å². The number of anilines is 1. The number of nitrogens with zero attached hydrogens (tertiary/aromatic N) is 1. The molecule has 1 N–H and O–H groups in total. The molecule has 0 amide bonds. The van der Waals surface area contributed by atoms with Crippen LogP contribution in [0, 0.1) is 0 Å². The summed E-state index contributed by atoms with van der Waals surface area (Å²) in [5.74, 6) is 0.358. The van der Waals surface area contributed by atoms with Crippen molar-refractivity contribution >= 4 is 11.7 Å². The topological polar surface area (TPSA) is 49.8 Å². The Labute approximate surface area is 126 Å². The molecule has 0 bridgehead atoms. The number of hydrogen-bond donors (Lipinski definition) is 1. The van der Waals surface area contributed by atoms with E-state index < -0.39 is 12.0 Å². The first-order valence-corrected chi connectivity index (χ1v) is 7.52. The number of hydrogen-bond acceptors (Lipinski definition) is 3. The molecule has 0 saturated heterocycles. The Balaban J connectivity index is 2.68. The number of carbonyl (C=O) groups is 1. The van der Waals surface area contributed by atoms with E-state index in [0.717, 1.165) is 17.9 Å². The molecular formula is C17H25NO3. The van der Waals surface area contributed by atoms with Crippen molar-refractivity contribution < 1.29 is 14.6 Å². The molecule has 4 heteroatoms. The minimum atomic E-state index is -0.781. The molecule has 1 aliphatic heterocycles. The smallest absolute Gasteiger partial charge is 0.326 e. The van der Waals surface area contributed by atoms with Gasteiger partial charge in [0, 0.05) is 5.54 Å². The Hall–Kier alpha value is -1.71. The van der Waals surface area contributed by atoms with E-state index in [-0.39, 0.29) is 5.54 Å². The van der Waals surface area contributed by atoms with Crippen LogP contribution >= 0.6 is 0 Å². The summed E-state index contributed by atoms with van der Waals surface area (Å²) in [6.07, 6.45) is 1.49. The molecule has 21 heavy (non-hydrogen) atoms. The maximum absolute atomic E-state index is 11.7. The van der Waals surface area contributed by atoms with Crippen LogP contribution in [0.4, 0.5) is 5.69 Å². The van der Waals surface area contributed by atoms with Gasteiger partial charge in [-0.15, -0.1) is 0 Å². The summed E-state index contributed by atoms with van der Waals surface area (Å²) in [6, 6.07) is 5.43. The minimum Gasteiger partial charge on any atom is -0.495 e. The third kappa shape index (κ3) is 2.59. The average molecular weight is 291 g/mol. The highest BCUT2D eigenvalue weighted by Crippen LogP contribution is 2.48. The van der Waals surface area contributed by atoms with Crippen molar-refractivity contribution in [3.63, 3.8) is 0 Å². The van der Waals surface area contributed by atoms with Crippen LogP contribution in [-0.4, -0.2) is 29.8 Å². The van der Waals surface area contributed by atoms with Crippen molar-refractivity contribution in [2.75, 3.05) is 12.0 Å². The van der Waals surface area contributed by atoms with E-state index in [2.05, 4.69) is 26.8 Å². The standard InChI is InChI=1S/C17H25NO3/c1-6-13(16(19)20)18-15-12(8-7-9-14(15)21-5)11(2)10-17(18,3)4/h7-9,11,13H,6,10H2,1-5H3,(H,19,20)/t11-,13-/m1/s1. The number of rotatable bonds is 4. The van der Waals surface area contributed by atoms with Crippen molar-refractivity contribution in [1.82, 2.24) is 0 Å². The van der Waals surface area contributed by atoms with Crippen LogP contribution in [0.1, 0.15) is 52.0 Å². The van der Waals surface area contributed by atoms with Gasteiger partial charge in [0.15, 0.2) is 0 Å². The van der Waals surface area contributed by atoms with Crippen LogP contribution in [0.15, 0.2) is 18.2 Å². The van der Waals surface area contributed by atoms with Gasteiger partial charge < -0.3 is 14.7 Å². The van der Waals surface area contributed by atoms with E-state index in [9.17, 15) is 9.90 Å². The molecule has 1 heterocycles. The van der Waals surface area contributed by atoms with Crippen LogP contribution < -0.4 is 9.64 Å². The zero-order valence-electron chi connectivity index (χ0n) is 13.5. The molecule has 0 aromatic heterocycles. The van der Waals surface area contributed by atoms with E-state index in [1.54, 1.807) is 7.11 Å². The molecule has 2 atom stereocenters. The van der Waals surface area contributed by atoms with E-state index in [1.807, 2.05) is 24.0 Å². The Morgan fingerprint density at radius 2 is 2.19 bits per heavy atom. The Bertz CT molecular complexity index is 539. The van der Waals surface area contributed by atoms with Gasteiger partial charge in [0.25, 0.3) is 0 Å². The van der Waals surface area contributed by atoms with Crippen LogP contribution in [-0.2, 0) is 4.79 Å². The predicted molar refractivity (Wildman–Crippen MR) is 84.3 cm³/mol. The first-order chi connectivity index (χ1) is 9.83. The first kappa shape index (κ1) is 15.7. The van der Waals surface area contributed by atoms with Crippen LogP contribution in [0.25, 0.3) is 0 Å². The molecule has 2 rings (SSSR count). The Morgan fingerprint density at radius 3 is 2.71 bits per heavy atom. The monoisotopic (exact) mass is 291 g/mol. The van der Waals surface area contributed by atoms with Crippen molar-refractivity contribution in [3.05, 3.63) is 23.8 Å². The molecule has 1 aromatic carbocycles. The first-order valence-electron chi connectivity index (χ1n) is 7.52. The maximum Gasteiger partial charge on any atom is 0.326 e. The van der Waals surface area contributed by atoms with E-state index >= 15 is 0 Å². The average Bonchev–Trinajstić information content (AvgIpc) is 2.41. The molecule has 0 radical (unpaired) electrons. The number of methoxy groups -OCH3 is 1. The van der Waals surface area contributed by atoms with Gasteiger partial charge >= 0.3 is 5.97 Å². The lowest BCUT2D eigenvalue weighted by Gasteiger charge is -2.50. The van der Waals surface area contributed by atoms with E-state index in [4.69, 9.17) is 4.74 Å². The second-order valence-electron chi connectivity index (χ2n) is 6.45. The number of fused-ring (bicyclic) bond motifs is 1. The lowest BCUT2D eigenvalue weighted by molar-refractivity contribution is -0.139. The normalized spacial score (nSPS) is 21.6. The summed E-state index contributed by atoms with van der Waals surface area (Å²) in [5.41, 5.74) is 1.89. The summed E-state index contributed by atoms with van der Waals surface area (Å²) in [7, 11) is 1.64. The number of para-hydroxylation sites is 1. The van der Waals surface area contributed by atoms with Gasteiger partial charge in [-0.25, -0.2) is 4.79 Å². The Morgan fingerprint density at radius 1 is 1.52 bits per heavy atom. The van der Waals surface area contributed by atoms with Gasteiger partial charge in [-0.05, 0) is 44.2 Å². The molecular weight excluding hydrogens is 266 g/mol. The highest BCUT2D eigenvalue weighted by molar-refractivity contribution is 5.82. The van der Waals surface area contributed by atoms with Crippen LogP contribution in [0.2, 0.25) is 0 Å². The van der Waals surface area contributed by atoms with E-state index in [0.29, 0.717) is 12.3 Å². The summed E-state index contributed by atoms with van der Waals surface area (Å²) in [6.45, 7) is 8.34. The fourth-order valence-electron chi connectivity index (χ4n) is 3.67. The van der Waals surface area contributed by atoms with Crippen LogP contribution in [0.5, 0.6) is 5.75 Å². The van der Waals surface area contributed by atoms with E-state index in [1.165, 1.54) is 5.56 Å². The lowest BCUT2D eigenvalue weighted by Crippen LogP contribution is -2.56. The molecule has 1 aliphatic rings. The van der Waals surface area contributed by atoms with Crippen LogP contribution in [0.3, 0.4) is 0 Å². The highest BCUT2D eigenvalue weighted by atomic mass is 16.5. The summed E-state index contributed by atoms with van der Waals surface area (Å²) >= 11 is 0. The Kier molecular flexibility index (Phi) is 4.17. The third-order valence-electron chi connectivity index (χ3n) is 4.46. The zero-order chi connectivity index (χ0) is 15.8. The predicted octanol–water partition coefficient (Wildman–Crippen LogP) is 3.65. The van der Waals surface area contributed by atoms with Crippen molar-refractivity contribution in [2.24, 2.45) is 0 Å². The molecule has 116 valence electrons. The second-order valence-corrected chi connectivity index (χ2v) is 6.45. The second kappa shape index (κ2) is 5.58. The summed E-state index contributed by atoms with van der Waals surface area (Å²) < 4.78 is 5.52. The summed E-state index contributed by atoms with van der Waals surface area (Å²) in [4.78, 5) is 13.8. The zero-order valence-corrected chi connectivity index (χ0v) is 13.5. The van der Waals surface area contributed by atoms with Gasteiger partial charge in [-0.2, -0.15) is 0 Å². The summed E-state index contributed by atoms with van der Waals surface area (Å²) in [5, 5.41) is 9.63. The minimum absolute atomic E-state index is 0.222. The molecule has 0 unspecified atom stereocenters. The van der Waals surface area contributed by atoms with Crippen molar-refractivity contribution in [1.29, 1.82) is 0 Å². The van der Waals surface area contributed by atoms with Crippen molar-refractivity contribution in [3.8, 4) is 5.75 Å². The molecule has 0 saturated carbocycles. The fourth-order valence-corrected chi connectivity index (χ4v) is 3.67. The largest absolute Gasteiger partial charge is 0.495 e. The highest BCUT2D eigenvalue weighted by Gasteiger charge is 2.43. The SMILES string of the molecule is CC[C@H](C(=O)O)N1c2c(OC)cccc2[C@H](C)CC1(C)C. The fraction of sp³-hybridized carbons (Fsp3) is 0.588. The number of carboxylic acids is 1. The molecule has 0 fully saturated rings. The number of aliphatic carboxylic acids is 1. The molecule has 0 aliphatic carbocycles. The van der Waals surface area contributed by atoms with Gasteiger partial charge in [0.2, 0.25) is 0 Å². The van der Waals surface area contributed by atoms with Gasteiger partial charge in [0.1, 0.15) is 11.8 Å². The van der Waals surface area contributed by atoms with Gasteiger partial charge in [0.05, 0.1) is 12.8 Å². The third-order valence-corrected chi connectivity index (χ3v) is 4.46. The quantitative estimate of drug-likeness (QED) is 0.920. The van der Waals surface area contributed by atoms with Gasteiger partial charge in [-0.1, -0.05) is 26.0 Å². The number of ether oxygens (including phenoxy) is 1. The van der Waals surface area contributed by atoms with Crippen molar-refractivity contribution in [2.45, 2.75) is 58.0 Å². The lowest BCUT2D eigenvalue weighted by atomic mass is 9.78. The number of carboxylic acid groups (broad SMARTS) is 1. The maximum atomic E-state index is 11.7. The molecule has 1 aromatic rings. The number of benzene rings is 1.